The summed E-state index contributed by atoms with van der Waals surface area (Å²) in [5.41, 5.74) is 4.41. The van der Waals surface area contributed by atoms with Crippen molar-refractivity contribution in [3.63, 3.8) is 0 Å². The van der Waals surface area contributed by atoms with Crippen molar-refractivity contribution >= 4 is 17.8 Å². The number of urea groups is 1. The first kappa shape index (κ1) is 24.0. The van der Waals surface area contributed by atoms with Crippen molar-refractivity contribution < 1.29 is 14.4 Å². The van der Waals surface area contributed by atoms with Crippen LogP contribution < -0.4 is 10.6 Å². The number of amides is 4. The molecule has 0 spiro atoms. The molecule has 2 aliphatic rings. The topological polar surface area (TPSA) is 78.5 Å². The number of carbonyl (C=O) groups excluding carboxylic acids is 3. The fourth-order valence-electron chi connectivity index (χ4n) is 4.88. The fourth-order valence-corrected chi connectivity index (χ4v) is 4.88. The Hall–Kier alpha value is -3.15. The van der Waals surface area contributed by atoms with Gasteiger partial charge >= 0.3 is 6.03 Å². The van der Waals surface area contributed by atoms with Crippen LogP contribution in [0.1, 0.15) is 81.3 Å². The second-order valence-electron chi connectivity index (χ2n) is 10.8. The van der Waals surface area contributed by atoms with Crippen LogP contribution in [0.2, 0.25) is 0 Å². The van der Waals surface area contributed by atoms with Gasteiger partial charge in [-0.15, -0.1) is 0 Å². The van der Waals surface area contributed by atoms with E-state index in [0.29, 0.717) is 5.56 Å². The molecule has 34 heavy (non-hydrogen) atoms. The molecule has 4 rings (SSSR count). The van der Waals surface area contributed by atoms with Gasteiger partial charge in [-0.2, -0.15) is 0 Å². The molecule has 1 aliphatic carbocycles. The van der Waals surface area contributed by atoms with E-state index in [9.17, 15) is 14.4 Å². The van der Waals surface area contributed by atoms with Gasteiger partial charge in [-0.25, -0.2) is 4.79 Å². The molecule has 2 aromatic carbocycles. The molecule has 4 amide bonds. The second-order valence-corrected chi connectivity index (χ2v) is 10.8. The van der Waals surface area contributed by atoms with Crippen LogP contribution in [0.4, 0.5) is 4.79 Å². The lowest BCUT2D eigenvalue weighted by Crippen LogP contribution is -2.43. The number of imide groups is 1. The summed E-state index contributed by atoms with van der Waals surface area (Å²) >= 11 is 0. The van der Waals surface area contributed by atoms with E-state index in [1.165, 1.54) is 24.0 Å². The van der Waals surface area contributed by atoms with E-state index < -0.39 is 17.5 Å². The van der Waals surface area contributed by atoms with Crippen molar-refractivity contribution in [1.82, 2.24) is 15.5 Å². The van der Waals surface area contributed by atoms with Gasteiger partial charge < -0.3 is 10.6 Å². The summed E-state index contributed by atoms with van der Waals surface area (Å²) in [6.45, 7) is 9.67. The molecule has 2 atom stereocenters. The number of aryl methyl sites for hydroxylation is 2. The van der Waals surface area contributed by atoms with Gasteiger partial charge in [-0.1, -0.05) is 63.2 Å². The second kappa shape index (κ2) is 8.90. The van der Waals surface area contributed by atoms with E-state index in [0.717, 1.165) is 28.9 Å². The molecule has 1 fully saturated rings. The zero-order chi connectivity index (χ0) is 24.7. The fraction of sp³-hybridized carbons (Fsp3) is 0.464. The molecule has 2 N–H and O–H groups in total. The summed E-state index contributed by atoms with van der Waals surface area (Å²) in [4.78, 5) is 39.7. The van der Waals surface area contributed by atoms with Crippen molar-refractivity contribution in [3.05, 3.63) is 70.3 Å². The number of carbonyl (C=O) groups is 3. The first-order valence-corrected chi connectivity index (χ1v) is 12.2. The minimum absolute atomic E-state index is 0.0127. The Bertz CT molecular complexity index is 1120. The molecule has 6 heteroatoms. The Morgan fingerprint density at radius 2 is 1.71 bits per heavy atom. The quantitative estimate of drug-likeness (QED) is 0.643. The van der Waals surface area contributed by atoms with Crippen molar-refractivity contribution in [1.29, 1.82) is 0 Å². The number of rotatable bonds is 5. The molecule has 0 bridgehead atoms. The van der Waals surface area contributed by atoms with Gasteiger partial charge in [-0.3, -0.25) is 14.5 Å². The SMILES string of the molecule is CC(NC(=O)CN1C(=O)NC(C)(c2ccc(C(C)(C)C)cc2)C1=O)c1ccc2c(c1)CCCC2. The number of fused-ring (bicyclic) bond motifs is 1. The summed E-state index contributed by atoms with van der Waals surface area (Å²) in [5.74, 6) is -0.779. The largest absolute Gasteiger partial charge is 0.348 e. The molecule has 0 aromatic heterocycles. The summed E-state index contributed by atoms with van der Waals surface area (Å²) in [5, 5.41) is 5.74. The van der Waals surface area contributed by atoms with Gasteiger partial charge in [0.1, 0.15) is 12.1 Å². The van der Waals surface area contributed by atoms with Gasteiger partial charge in [0.25, 0.3) is 5.91 Å². The van der Waals surface area contributed by atoms with Crippen LogP contribution in [-0.2, 0) is 33.4 Å². The third-order valence-electron chi connectivity index (χ3n) is 7.16. The Labute approximate surface area is 202 Å². The van der Waals surface area contributed by atoms with Crippen LogP contribution in [0.5, 0.6) is 0 Å². The van der Waals surface area contributed by atoms with Crippen LogP contribution in [0.15, 0.2) is 42.5 Å². The highest BCUT2D eigenvalue weighted by atomic mass is 16.2. The standard InChI is InChI=1S/C28H35N3O3/c1-18(20-11-10-19-8-6-7-9-21(19)16-20)29-24(32)17-31-25(33)28(5,30-26(31)34)23-14-12-22(13-15-23)27(2,3)4/h10-16,18H,6-9,17H2,1-5H3,(H,29,32)(H,30,34). The van der Waals surface area contributed by atoms with E-state index in [1.54, 1.807) is 6.92 Å². The molecule has 2 unspecified atom stereocenters. The molecule has 0 radical (unpaired) electrons. The lowest BCUT2D eigenvalue weighted by molar-refractivity contribution is -0.135. The lowest BCUT2D eigenvalue weighted by atomic mass is 9.84. The van der Waals surface area contributed by atoms with Crippen LogP contribution in [0.25, 0.3) is 0 Å². The molecule has 1 heterocycles. The van der Waals surface area contributed by atoms with Gasteiger partial charge in [0.2, 0.25) is 5.91 Å². The highest BCUT2D eigenvalue weighted by molar-refractivity contribution is 6.09. The Morgan fingerprint density at radius 1 is 1.06 bits per heavy atom. The predicted octanol–water partition coefficient (Wildman–Crippen LogP) is 4.51. The van der Waals surface area contributed by atoms with E-state index >= 15 is 0 Å². The van der Waals surface area contributed by atoms with Crippen LogP contribution in [-0.4, -0.2) is 29.3 Å². The Morgan fingerprint density at radius 3 is 2.35 bits per heavy atom. The van der Waals surface area contributed by atoms with Gasteiger partial charge in [0.05, 0.1) is 6.04 Å². The molecule has 2 aromatic rings. The Balaban J connectivity index is 1.43. The number of hydrogen-bond acceptors (Lipinski definition) is 3. The zero-order valence-electron chi connectivity index (χ0n) is 20.8. The smallest absolute Gasteiger partial charge is 0.325 e. The highest BCUT2D eigenvalue weighted by Crippen LogP contribution is 2.31. The molecule has 1 saturated heterocycles. The molecule has 0 saturated carbocycles. The van der Waals surface area contributed by atoms with Crippen molar-refractivity contribution in [2.45, 2.75) is 77.3 Å². The maximum Gasteiger partial charge on any atom is 0.325 e. The van der Waals surface area contributed by atoms with Crippen molar-refractivity contribution in [3.8, 4) is 0 Å². The average molecular weight is 462 g/mol. The van der Waals surface area contributed by atoms with Gasteiger partial charge in [0, 0.05) is 0 Å². The van der Waals surface area contributed by atoms with Crippen molar-refractivity contribution in [2.24, 2.45) is 0 Å². The third kappa shape index (κ3) is 4.59. The third-order valence-corrected chi connectivity index (χ3v) is 7.16. The number of nitrogens with zero attached hydrogens (tertiary/aromatic N) is 1. The minimum Gasteiger partial charge on any atom is -0.348 e. The van der Waals surface area contributed by atoms with E-state index in [1.807, 2.05) is 31.2 Å². The first-order chi connectivity index (χ1) is 16.0. The molecular formula is C28H35N3O3. The monoisotopic (exact) mass is 461 g/mol. The maximum absolute atomic E-state index is 13.2. The van der Waals surface area contributed by atoms with Crippen LogP contribution >= 0.6 is 0 Å². The average Bonchev–Trinajstić information content (AvgIpc) is 3.02. The van der Waals surface area contributed by atoms with E-state index in [-0.39, 0.29) is 23.9 Å². The highest BCUT2D eigenvalue weighted by Gasteiger charge is 2.49. The maximum atomic E-state index is 13.2. The van der Waals surface area contributed by atoms with Gasteiger partial charge in [-0.05, 0) is 72.8 Å². The normalized spacial score (nSPS) is 21.1. The summed E-state index contributed by atoms with van der Waals surface area (Å²) in [6, 6.07) is 13.3. The lowest BCUT2D eigenvalue weighted by Gasteiger charge is -2.25. The number of benzene rings is 2. The summed E-state index contributed by atoms with van der Waals surface area (Å²) < 4.78 is 0. The van der Waals surface area contributed by atoms with Gasteiger partial charge in [0.15, 0.2) is 0 Å². The first-order valence-electron chi connectivity index (χ1n) is 12.2. The summed E-state index contributed by atoms with van der Waals surface area (Å²) in [6.07, 6.45) is 4.60. The van der Waals surface area contributed by atoms with Crippen molar-refractivity contribution in [2.75, 3.05) is 6.54 Å². The molecule has 180 valence electrons. The zero-order valence-corrected chi connectivity index (χ0v) is 20.8. The molecular weight excluding hydrogens is 426 g/mol. The van der Waals surface area contributed by atoms with Crippen LogP contribution in [0, 0.1) is 0 Å². The molecule has 6 nitrogen and oxygen atoms in total. The molecule has 1 aliphatic heterocycles. The Kier molecular flexibility index (Phi) is 6.28. The number of hydrogen-bond donors (Lipinski definition) is 2. The van der Waals surface area contributed by atoms with E-state index in [2.05, 4.69) is 49.6 Å². The minimum atomic E-state index is -1.20. The van der Waals surface area contributed by atoms with Crippen LogP contribution in [0.3, 0.4) is 0 Å². The number of nitrogens with one attached hydrogen (secondary N) is 2. The van der Waals surface area contributed by atoms with E-state index in [4.69, 9.17) is 0 Å². The predicted molar refractivity (Wildman–Crippen MR) is 132 cm³/mol. The summed E-state index contributed by atoms with van der Waals surface area (Å²) in [7, 11) is 0.